The molecule has 8 rings (SSSR count). The number of nitriles is 1. The summed E-state index contributed by atoms with van der Waals surface area (Å²) in [7, 11) is 0. The minimum absolute atomic E-state index is 0.195. The Labute approximate surface area is 238 Å². The predicted octanol–water partition coefficient (Wildman–Crippen LogP) is 3.58. The third kappa shape index (κ3) is 5.24. The summed E-state index contributed by atoms with van der Waals surface area (Å²) in [6, 6.07) is 16.1. The molecule has 0 amide bonds. The van der Waals surface area contributed by atoms with Crippen LogP contribution in [0.1, 0.15) is 17.5 Å². The first-order valence-corrected chi connectivity index (χ1v) is 14.2. The van der Waals surface area contributed by atoms with Crippen LogP contribution in [0.4, 0.5) is 10.2 Å². The maximum Gasteiger partial charge on any atom is 0.138 e. The summed E-state index contributed by atoms with van der Waals surface area (Å²) < 4.78 is 26.6. The van der Waals surface area contributed by atoms with E-state index < -0.39 is 0 Å². The highest BCUT2D eigenvalue weighted by Gasteiger charge is 2.44. The van der Waals surface area contributed by atoms with Crippen LogP contribution in [0.25, 0.3) is 16.6 Å². The van der Waals surface area contributed by atoms with Crippen LogP contribution in [0.5, 0.6) is 5.75 Å². The van der Waals surface area contributed by atoms with Crippen LogP contribution in [-0.4, -0.2) is 89.0 Å². The number of benzene rings is 1. The summed E-state index contributed by atoms with van der Waals surface area (Å²) in [6.07, 6.45) is 6.49. The van der Waals surface area contributed by atoms with Gasteiger partial charge < -0.3 is 14.4 Å². The Bertz CT molecular complexity index is 1550. The highest BCUT2D eigenvalue weighted by molar-refractivity contribution is 5.85. The molecule has 1 aromatic carbocycles. The molecular formula is C31H32FN7O2. The number of fused-ring (bicyclic) bond motifs is 3. The van der Waals surface area contributed by atoms with Crippen molar-refractivity contribution in [3.63, 3.8) is 0 Å². The molecule has 0 radical (unpaired) electrons. The van der Waals surface area contributed by atoms with Crippen molar-refractivity contribution in [3.05, 3.63) is 78.0 Å². The molecule has 9 nitrogen and oxygen atoms in total. The van der Waals surface area contributed by atoms with Gasteiger partial charge in [-0.1, -0.05) is 12.1 Å². The highest BCUT2D eigenvalue weighted by atomic mass is 19.1. The number of rotatable bonds is 8. The SMILES string of the molecule is N#Cc1cnn2cc(OCCN3CCOCC3)cc(-c3ccc(N4CC5CC(C4)N5Cc4ccc(F)cc4)nc3)c12. The van der Waals surface area contributed by atoms with Gasteiger partial charge in [-0.25, -0.2) is 13.9 Å². The average molecular weight is 554 g/mol. The number of morpholine rings is 1. The van der Waals surface area contributed by atoms with E-state index in [-0.39, 0.29) is 5.82 Å². The van der Waals surface area contributed by atoms with Gasteiger partial charge in [0.1, 0.15) is 30.1 Å². The van der Waals surface area contributed by atoms with E-state index in [2.05, 4.69) is 38.0 Å². The summed E-state index contributed by atoms with van der Waals surface area (Å²) in [5, 5.41) is 14.1. The van der Waals surface area contributed by atoms with Crippen molar-refractivity contribution in [3.8, 4) is 22.9 Å². The molecule has 4 saturated heterocycles. The summed E-state index contributed by atoms with van der Waals surface area (Å²) >= 11 is 0. The molecule has 3 aromatic heterocycles. The molecule has 4 fully saturated rings. The standard InChI is InChI=1S/C31H32FN7O2/c32-25-4-1-22(2-5-25)18-38-26-13-27(38)20-37(19-26)30-6-3-23(16-34-30)29-14-28(21-39-31(29)24(15-33)17-35-39)41-12-9-36-7-10-40-11-8-36/h1-6,14,16-17,21,26-27H,7-13,18-20H2. The number of piperazine rings is 1. The smallest absolute Gasteiger partial charge is 0.138 e. The third-order valence-electron chi connectivity index (χ3n) is 8.49. The number of piperidine rings is 1. The normalized spacial score (nSPS) is 21.0. The van der Waals surface area contributed by atoms with Crippen molar-refractivity contribution in [1.29, 1.82) is 5.26 Å². The van der Waals surface area contributed by atoms with Crippen LogP contribution in [0.3, 0.4) is 0 Å². The minimum Gasteiger partial charge on any atom is -0.491 e. The van der Waals surface area contributed by atoms with Gasteiger partial charge in [-0.15, -0.1) is 0 Å². The number of ether oxygens (including phenoxy) is 2. The second kappa shape index (κ2) is 11.1. The van der Waals surface area contributed by atoms with E-state index in [0.717, 1.165) is 80.5 Å². The number of hydrogen-bond acceptors (Lipinski definition) is 8. The molecule has 10 heteroatoms. The summed E-state index contributed by atoms with van der Waals surface area (Å²) in [5.74, 6) is 1.46. The lowest BCUT2D eigenvalue weighted by Gasteiger charge is -2.56. The van der Waals surface area contributed by atoms with Crippen molar-refractivity contribution < 1.29 is 13.9 Å². The van der Waals surface area contributed by atoms with Crippen LogP contribution >= 0.6 is 0 Å². The molecule has 2 atom stereocenters. The quantitative estimate of drug-likeness (QED) is 0.328. The van der Waals surface area contributed by atoms with Crippen LogP contribution in [-0.2, 0) is 11.3 Å². The Morgan fingerprint density at radius 3 is 2.59 bits per heavy atom. The van der Waals surface area contributed by atoms with Crippen LogP contribution < -0.4 is 9.64 Å². The Morgan fingerprint density at radius 2 is 1.85 bits per heavy atom. The second-order valence-corrected chi connectivity index (χ2v) is 11.0. The first kappa shape index (κ1) is 25.9. The maximum atomic E-state index is 13.3. The molecule has 210 valence electrons. The molecular weight excluding hydrogens is 521 g/mol. The lowest BCUT2D eigenvalue weighted by atomic mass is 9.86. The molecule has 0 aliphatic carbocycles. The molecule has 2 bridgehead atoms. The highest BCUT2D eigenvalue weighted by Crippen LogP contribution is 2.36. The van der Waals surface area contributed by atoms with Gasteiger partial charge in [0, 0.05) is 68.7 Å². The Hall–Kier alpha value is -4.04. The molecule has 0 N–H and O–H groups in total. The number of hydrogen-bond donors (Lipinski definition) is 0. The number of anilines is 1. The van der Waals surface area contributed by atoms with E-state index in [1.807, 2.05) is 30.6 Å². The number of nitrogens with zero attached hydrogens (tertiary/aromatic N) is 7. The maximum absolute atomic E-state index is 13.3. The fourth-order valence-electron chi connectivity index (χ4n) is 6.26. The van der Waals surface area contributed by atoms with Crippen molar-refractivity contribution in [2.45, 2.75) is 25.0 Å². The van der Waals surface area contributed by atoms with E-state index in [4.69, 9.17) is 14.5 Å². The number of pyridine rings is 2. The predicted molar refractivity (Wildman–Crippen MR) is 152 cm³/mol. The van der Waals surface area contributed by atoms with Gasteiger partial charge in [0.05, 0.1) is 36.7 Å². The molecule has 41 heavy (non-hydrogen) atoms. The van der Waals surface area contributed by atoms with Gasteiger partial charge in [-0.3, -0.25) is 9.80 Å². The zero-order valence-corrected chi connectivity index (χ0v) is 22.8. The summed E-state index contributed by atoms with van der Waals surface area (Å²) in [4.78, 5) is 12.0. The Morgan fingerprint density at radius 1 is 1.05 bits per heavy atom. The van der Waals surface area contributed by atoms with Gasteiger partial charge in [-0.2, -0.15) is 10.4 Å². The van der Waals surface area contributed by atoms with E-state index in [9.17, 15) is 9.65 Å². The number of halogens is 1. The zero-order chi connectivity index (χ0) is 27.8. The monoisotopic (exact) mass is 553 g/mol. The largest absolute Gasteiger partial charge is 0.491 e. The molecule has 7 heterocycles. The van der Waals surface area contributed by atoms with E-state index in [1.165, 1.54) is 18.6 Å². The average Bonchev–Trinajstić information content (AvgIpc) is 3.44. The lowest BCUT2D eigenvalue weighted by Crippen LogP contribution is -2.68. The van der Waals surface area contributed by atoms with E-state index >= 15 is 0 Å². The van der Waals surface area contributed by atoms with E-state index in [0.29, 0.717) is 30.0 Å². The molecule has 0 spiro atoms. The first-order chi connectivity index (χ1) is 20.1. The van der Waals surface area contributed by atoms with Gasteiger partial charge in [0.2, 0.25) is 0 Å². The van der Waals surface area contributed by atoms with Crippen molar-refractivity contribution >= 4 is 11.3 Å². The van der Waals surface area contributed by atoms with Crippen molar-refractivity contribution in [1.82, 2.24) is 24.4 Å². The molecule has 4 aliphatic rings. The van der Waals surface area contributed by atoms with Gasteiger partial charge in [-0.05, 0) is 42.3 Å². The summed E-state index contributed by atoms with van der Waals surface area (Å²) in [5.41, 5.74) is 4.19. The first-order valence-electron chi connectivity index (χ1n) is 14.2. The van der Waals surface area contributed by atoms with E-state index in [1.54, 1.807) is 10.7 Å². The number of aromatic nitrogens is 3. The fraction of sp³-hybridized carbons (Fsp3) is 0.387. The van der Waals surface area contributed by atoms with Crippen LogP contribution in [0, 0.1) is 17.1 Å². The Balaban J connectivity index is 1.06. The Kier molecular flexibility index (Phi) is 7.00. The van der Waals surface area contributed by atoms with Gasteiger partial charge in [0.25, 0.3) is 0 Å². The van der Waals surface area contributed by atoms with Gasteiger partial charge in [0.15, 0.2) is 0 Å². The minimum atomic E-state index is -0.195. The molecule has 4 aromatic rings. The molecule has 2 unspecified atom stereocenters. The fourth-order valence-corrected chi connectivity index (χ4v) is 6.26. The topological polar surface area (TPSA) is 82.2 Å². The van der Waals surface area contributed by atoms with Crippen molar-refractivity contribution in [2.24, 2.45) is 0 Å². The molecule has 4 aliphatic heterocycles. The van der Waals surface area contributed by atoms with Crippen LogP contribution in [0.2, 0.25) is 0 Å². The van der Waals surface area contributed by atoms with Gasteiger partial charge >= 0.3 is 0 Å². The second-order valence-electron chi connectivity index (χ2n) is 11.0. The zero-order valence-electron chi connectivity index (χ0n) is 22.8. The molecule has 0 saturated carbocycles. The third-order valence-corrected chi connectivity index (χ3v) is 8.49. The lowest BCUT2D eigenvalue weighted by molar-refractivity contribution is -0.00869. The summed E-state index contributed by atoms with van der Waals surface area (Å²) in [6.45, 7) is 7.43. The van der Waals surface area contributed by atoms with Crippen LogP contribution in [0.15, 0.2) is 61.1 Å². The van der Waals surface area contributed by atoms with Crippen molar-refractivity contribution in [2.75, 3.05) is 57.4 Å².